The Kier molecular flexibility index (Phi) is 6.06. The molecule has 1 N–H and O–H groups in total. The summed E-state index contributed by atoms with van der Waals surface area (Å²) in [4.78, 5) is 2.07. The molecule has 26 heavy (non-hydrogen) atoms. The molecule has 0 spiro atoms. The van der Waals surface area contributed by atoms with E-state index in [9.17, 15) is 8.78 Å². The summed E-state index contributed by atoms with van der Waals surface area (Å²) in [5, 5.41) is 3.50. The van der Waals surface area contributed by atoms with E-state index in [0.717, 1.165) is 11.3 Å². The molecule has 0 aromatic heterocycles. The van der Waals surface area contributed by atoms with Crippen LogP contribution < -0.4 is 15.0 Å². The van der Waals surface area contributed by atoms with Crippen molar-refractivity contribution < 1.29 is 18.3 Å². The van der Waals surface area contributed by atoms with Crippen molar-refractivity contribution in [3.8, 4) is 5.75 Å². The maximum atomic E-state index is 13.6. The van der Waals surface area contributed by atoms with Crippen molar-refractivity contribution in [2.24, 2.45) is 0 Å². The molecule has 0 aliphatic carbocycles. The van der Waals surface area contributed by atoms with Crippen LogP contribution in [0.25, 0.3) is 0 Å². The zero-order valence-corrected chi connectivity index (χ0v) is 15.0. The third-order valence-corrected chi connectivity index (χ3v) is 4.72. The van der Waals surface area contributed by atoms with Crippen molar-refractivity contribution in [1.82, 2.24) is 5.32 Å². The fourth-order valence-electron chi connectivity index (χ4n) is 3.17. The van der Waals surface area contributed by atoms with E-state index < -0.39 is 11.6 Å². The first-order valence-corrected chi connectivity index (χ1v) is 8.75. The van der Waals surface area contributed by atoms with Crippen LogP contribution in [-0.2, 0) is 4.74 Å². The Balaban J connectivity index is 1.67. The molecule has 2 aromatic carbocycles. The molecule has 4 nitrogen and oxygen atoms in total. The Bertz CT molecular complexity index is 742. The molecule has 2 atom stereocenters. The van der Waals surface area contributed by atoms with E-state index in [1.54, 1.807) is 13.2 Å². The summed E-state index contributed by atoms with van der Waals surface area (Å²) in [5.41, 5.74) is 1.80. The fraction of sp³-hybridized carbons (Fsp3) is 0.400. The summed E-state index contributed by atoms with van der Waals surface area (Å²) in [6.07, 6.45) is 0. The predicted molar refractivity (Wildman–Crippen MR) is 97.7 cm³/mol. The minimum Gasteiger partial charge on any atom is -0.497 e. The SMILES string of the molecule is COc1cccc(C(C)NCC2COCCN2c2ccc(F)c(F)c2)c1. The largest absolute Gasteiger partial charge is 0.497 e. The lowest BCUT2D eigenvalue weighted by Crippen LogP contribution is -2.51. The van der Waals surface area contributed by atoms with Gasteiger partial charge >= 0.3 is 0 Å². The van der Waals surface area contributed by atoms with Gasteiger partial charge in [0.05, 0.1) is 26.4 Å². The van der Waals surface area contributed by atoms with E-state index in [-0.39, 0.29) is 12.1 Å². The van der Waals surface area contributed by atoms with Gasteiger partial charge in [-0.3, -0.25) is 0 Å². The quantitative estimate of drug-likeness (QED) is 0.852. The standard InChI is InChI=1S/C20H24F2N2O2/c1-14(15-4-3-5-18(10-15)25-2)23-12-17-13-26-9-8-24(17)16-6-7-19(21)20(22)11-16/h3-7,10-11,14,17,23H,8-9,12-13H2,1-2H3. The lowest BCUT2D eigenvalue weighted by Gasteiger charge is -2.38. The van der Waals surface area contributed by atoms with Crippen molar-refractivity contribution in [3.05, 3.63) is 59.7 Å². The highest BCUT2D eigenvalue weighted by Gasteiger charge is 2.24. The number of hydrogen-bond acceptors (Lipinski definition) is 4. The van der Waals surface area contributed by atoms with Crippen molar-refractivity contribution in [3.63, 3.8) is 0 Å². The number of morpholine rings is 1. The number of nitrogens with zero attached hydrogens (tertiary/aromatic N) is 1. The van der Waals surface area contributed by atoms with E-state index in [4.69, 9.17) is 9.47 Å². The van der Waals surface area contributed by atoms with Gasteiger partial charge in [0.1, 0.15) is 5.75 Å². The fourth-order valence-corrected chi connectivity index (χ4v) is 3.17. The summed E-state index contributed by atoms with van der Waals surface area (Å²) < 4.78 is 37.7. The zero-order chi connectivity index (χ0) is 18.5. The number of ether oxygens (including phenoxy) is 2. The number of rotatable bonds is 6. The first-order valence-electron chi connectivity index (χ1n) is 8.75. The van der Waals surface area contributed by atoms with Gasteiger partial charge < -0.3 is 19.7 Å². The maximum Gasteiger partial charge on any atom is 0.160 e. The molecular formula is C20H24F2N2O2. The lowest BCUT2D eigenvalue weighted by atomic mass is 10.1. The van der Waals surface area contributed by atoms with Crippen LogP contribution in [0.5, 0.6) is 5.75 Å². The van der Waals surface area contributed by atoms with Crippen LogP contribution in [0.3, 0.4) is 0 Å². The Morgan fingerprint density at radius 3 is 2.85 bits per heavy atom. The second-order valence-corrected chi connectivity index (χ2v) is 6.43. The van der Waals surface area contributed by atoms with Gasteiger partial charge in [-0.25, -0.2) is 8.78 Å². The Morgan fingerprint density at radius 1 is 1.23 bits per heavy atom. The molecule has 3 rings (SSSR count). The molecule has 140 valence electrons. The van der Waals surface area contributed by atoms with Gasteiger partial charge in [-0.15, -0.1) is 0 Å². The number of benzene rings is 2. The van der Waals surface area contributed by atoms with Crippen LogP contribution in [0.4, 0.5) is 14.5 Å². The van der Waals surface area contributed by atoms with Crippen LogP contribution in [0.1, 0.15) is 18.5 Å². The number of hydrogen-bond donors (Lipinski definition) is 1. The molecule has 0 amide bonds. The Morgan fingerprint density at radius 2 is 2.08 bits per heavy atom. The van der Waals surface area contributed by atoms with Gasteiger partial charge in [0.2, 0.25) is 0 Å². The predicted octanol–water partition coefficient (Wildman–Crippen LogP) is 3.53. The molecule has 0 radical (unpaired) electrons. The number of anilines is 1. The molecule has 6 heteroatoms. The lowest BCUT2D eigenvalue weighted by molar-refractivity contribution is 0.0930. The second kappa shape index (κ2) is 8.47. The maximum absolute atomic E-state index is 13.6. The minimum atomic E-state index is -0.830. The molecular weight excluding hydrogens is 338 g/mol. The van der Waals surface area contributed by atoms with Gasteiger partial charge in [0, 0.05) is 30.9 Å². The van der Waals surface area contributed by atoms with E-state index in [1.807, 2.05) is 24.3 Å². The topological polar surface area (TPSA) is 33.7 Å². The summed E-state index contributed by atoms with van der Waals surface area (Å²) in [6.45, 7) is 4.50. The van der Waals surface area contributed by atoms with Gasteiger partial charge in [0.15, 0.2) is 11.6 Å². The van der Waals surface area contributed by atoms with E-state index in [2.05, 4.69) is 17.1 Å². The highest BCUT2D eigenvalue weighted by molar-refractivity contribution is 5.48. The van der Waals surface area contributed by atoms with Crippen LogP contribution >= 0.6 is 0 Å². The minimum absolute atomic E-state index is 0.0432. The van der Waals surface area contributed by atoms with Gasteiger partial charge in [-0.2, -0.15) is 0 Å². The summed E-state index contributed by atoms with van der Waals surface area (Å²) in [6, 6.07) is 12.1. The molecule has 2 aromatic rings. The third-order valence-electron chi connectivity index (χ3n) is 4.72. The number of halogens is 2. The van der Waals surface area contributed by atoms with E-state index >= 15 is 0 Å². The molecule has 2 unspecified atom stereocenters. The Labute approximate surface area is 152 Å². The van der Waals surface area contributed by atoms with E-state index in [1.165, 1.54) is 12.1 Å². The second-order valence-electron chi connectivity index (χ2n) is 6.43. The van der Waals surface area contributed by atoms with E-state index in [0.29, 0.717) is 32.0 Å². The molecule has 0 saturated carbocycles. The molecule has 1 fully saturated rings. The molecule has 0 bridgehead atoms. The summed E-state index contributed by atoms with van der Waals surface area (Å²) in [7, 11) is 1.65. The molecule has 1 aliphatic rings. The van der Waals surface area contributed by atoms with Gasteiger partial charge in [0.25, 0.3) is 0 Å². The zero-order valence-electron chi connectivity index (χ0n) is 15.0. The highest BCUT2D eigenvalue weighted by atomic mass is 19.2. The molecule has 1 saturated heterocycles. The van der Waals surface area contributed by atoms with Crippen LogP contribution in [0.15, 0.2) is 42.5 Å². The summed E-state index contributed by atoms with van der Waals surface area (Å²) >= 11 is 0. The van der Waals surface area contributed by atoms with Crippen LogP contribution in [0.2, 0.25) is 0 Å². The van der Waals surface area contributed by atoms with Crippen molar-refractivity contribution >= 4 is 5.69 Å². The smallest absolute Gasteiger partial charge is 0.160 e. The molecule has 1 aliphatic heterocycles. The van der Waals surface area contributed by atoms with Gasteiger partial charge in [-0.1, -0.05) is 12.1 Å². The van der Waals surface area contributed by atoms with Crippen molar-refractivity contribution in [1.29, 1.82) is 0 Å². The number of nitrogens with one attached hydrogen (secondary N) is 1. The third kappa shape index (κ3) is 4.31. The van der Waals surface area contributed by atoms with Crippen molar-refractivity contribution in [2.75, 3.05) is 38.3 Å². The van der Waals surface area contributed by atoms with Gasteiger partial charge in [-0.05, 0) is 36.8 Å². The monoisotopic (exact) mass is 362 g/mol. The highest BCUT2D eigenvalue weighted by Crippen LogP contribution is 2.23. The number of methoxy groups -OCH3 is 1. The van der Waals surface area contributed by atoms with Crippen LogP contribution in [-0.4, -0.2) is 39.5 Å². The average molecular weight is 362 g/mol. The van der Waals surface area contributed by atoms with Crippen LogP contribution in [0, 0.1) is 11.6 Å². The first kappa shape index (κ1) is 18.6. The summed E-state index contributed by atoms with van der Waals surface area (Å²) in [5.74, 6) is -0.839. The molecule has 1 heterocycles. The first-order chi connectivity index (χ1) is 12.6. The Hall–Kier alpha value is -2.18. The normalized spacial score (nSPS) is 18.6. The average Bonchev–Trinajstić information content (AvgIpc) is 2.68. The van der Waals surface area contributed by atoms with Crippen molar-refractivity contribution in [2.45, 2.75) is 19.0 Å².